The van der Waals surface area contributed by atoms with Gasteiger partial charge in [-0.05, 0) is 14.1 Å². The minimum absolute atomic E-state index is 0.128. The molecule has 0 radical (unpaired) electrons. The topological polar surface area (TPSA) is 90.4 Å². The standard InChI is InChI=1S/C11H22N4O3S/c1-14(2)5-6-15-11(10(18-3)7-13-15)9(12)8-19(4,16)17/h7,9H,5-6,8,12H2,1-4H3. The van der Waals surface area contributed by atoms with E-state index in [0.717, 1.165) is 6.54 Å². The van der Waals surface area contributed by atoms with Gasteiger partial charge in [-0.2, -0.15) is 5.10 Å². The summed E-state index contributed by atoms with van der Waals surface area (Å²) in [4.78, 5) is 2.01. The molecule has 0 aliphatic carbocycles. The van der Waals surface area contributed by atoms with Gasteiger partial charge in [0, 0.05) is 12.8 Å². The molecule has 110 valence electrons. The van der Waals surface area contributed by atoms with Crippen molar-refractivity contribution < 1.29 is 13.2 Å². The first-order valence-electron chi connectivity index (χ1n) is 5.92. The Morgan fingerprint density at radius 3 is 2.63 bits per heavy atom. The molecule has 7 nitrogen and oxygen atoms in total. The van der Waals surface area contributed by atoms with Crippen molar-refractivity contribution >= 4 is 9.84 Å². The maximum absolute atomic E-state index is 11.4. The van der Waals surface area contributed by atoms with Gasteiger partial charge in [0.15, 0.2) is 5.75 Å². The van der Waals surface area contributed by atoms with Crippen LogP contribution in [-0.4, -0.2) is 62.9 Å². The van der Waals surface area contributed by atoms with E-state index in [0.29, 0.717) is 18.0 Å². The number of methoxy groups -OCH3 is 1. The lowest BCUT2D eigenvalue weighted by Crippen LogP contribution is -2.27. The molecular formula is C11H22N4O3S. The number of likely N-dealkylation sites (N-methyl/N-ethyl adjacent to an activating group) is 1. The van der Waals surface area contributed by atoms with Crippen molar-refractivity contribution in [2.24, 2.45) is 5.73 Å². The van der Waals surface area contributed by atoms with Crippen LogP contribution in [0.15, 0.2) is 6.20 Å². The summed E-state index contributed by atoms with van der Waals surface area (Å²) in [7, 11) is 2.27. The summed E-state index contributed by atoms with van der Waals surface area (Å²) >= 11 is 0. The number of nitrogens with two attached hydrogens (primary N) is 1. The summed E-state index contributed by atoms with van der Waals surface area (Å²) in [6, 6.07) is -0.644. The first-order chi connectivity index (χ1) is 8.74. The SMILES string of the molecule is COc1cnn(CCN(C)C)c1C(N)CS(C)(=O)=O. The molecule has 1 heterocycles. The summed E-state index contributed by atoms with van der Waals surface area (Å²) in [6.07, 6.45) is 2.73. The second kappa shape index (κ2) is 6.36. The molecule has 2 N–H and O–H groups in total. The van der Waals surface area contributed by atoms with Crippen LogP contribution in [0.1, 0.15) is 11.7 Å². The average molecular weight is 290 g/mol. The van der Waals surface area contributed by atoms with Gasteiger partial charge in [-0.25, -0.2) is 8.42 Å². The highest BCUT2D eigenvalue weighted by Gasteiger charge is 2.22. The fourth-order valence-electron chi connectivity index (χ4n) is 1.79. The van der Waals surface area contributed by atoms with Gasteiger partial charge in [-0.1, -0.05) is 0 Å². The van der Waals surface area contributed by atoms with Crippen molar-refractivity contribution in [3.05, 3.63) is 11.9 Å². The highest BCUT2D eigenvalue weighted by Crippen LogP contribution is 2.24. The summed E-state index contributed by atoms with van der Waals surface area (Å²) in [5.74, 6) is 0.395. The normalized spacial score (nSPS) is 13.8. The van der Waals surface area contributed by atoms with Crippen molar-refractivity contribution in [1.82, 2.24) is 14.7 Å². The Hall–Kier alpha value is -1.12. The zero-order valence-corrected chi connectivity index (χ0v) is 12.6. The van der Waals surface area contributed by atoms with Crippen molar-refractivity contribution in [2.45, 2.75) is 12.6 Å². The third-order valence-corrected chi connectivity index (χ3v) is 3.62. The van der Waals surface area contributed by atoms with Crippen molar-refractivity contribution in [1.29, 1.82) is 0 Å². The van der Waals surface area contributed by atoms with Gasteiger partial charge < -0.3 is 15.4 Å². The number of hydrogen-bond donors (Lipinski definition) is 1. The maximum Gasteiger partial charge on any atom is 0.161 e. The van der Waals surface area contributed by atoms with Gasteiger partial charge in [0.2, 0.25) is 0 Å². The molecule has 1 aromatic heterocycles. The predicted molar refractivity (Wildman–Crippen MR) is 74.0 cm³/mol. The van der Waals surface area contributed by atoms with E-state index in [-0.39, 0.29) is 5.75 Å². The van der Waals surface area contributed by atoms with Crippen molar-refractivity contribution in [2.75, 3.05) is 39.8 Å². The lowest BCUT2D eigenvalue weighted by molar-refractivity contribution is 0.362. The molecule has 0 spiro atoms. The number of ether oxygens (including phenoxy) is 1. The Balaban J connectivity index is 2.98. The number of sulfone groups is 1. The van der Waals surface area contributed by atoms with Crippen LogP contribution in [-0.2, 0) is 16.4 Å². The molecular weight excluding hydrogens is 268 g/mol. The minimum atomic E-state index is -3.15. The van der Waals surface area contributed by atoms with Gasteiger partial charge >= 0.3 is 0 Å². The van der Waals surface area contributed by atoms with Crippen LogP contribution in [0.4, 0.5) is 0 Å². The monoisotopic (exact) mass is 290 g/mol. The van der Waals surface area contributed by atoms with E-state index in [2.05, 4.69) is 5.10 Å². The molecule has 1 unspecified atom stereocenters. The zero-order chi connectivity index (χ0) is 14.6. The molecule has 8 heteroatoms. The summed E-state index contributed by atoms with van der Waals surface area (Å²) < 4.78 is 29.6. The van der Waals surface area contributed by atoms with Crippen LogP contribution in [0.25, 0.3) is 0 Å². The molecule has 1 aromatic rings. The molecule has 0 aliphatic rings. The molecule has 0 saturated carbocycles. The molecule has 1 atom stereocenters. The van der Waals surface area contributed by atoms with E-state index in [9.17, 15) is 8.42 Å². The van der Waals surface area contributed by atoms with Crippen LogP contribution >= 0.6 is 0 Å². The molecule has 0 saturated heterocycles. The third kappa shape index (κ3) is 4.81. The zero-order valence-electron chi connectivity index (χ0n) is 11.8. The van der Waals surface area contributed by atoms with Crippen molar-refractivity contribution in [3.8, 4) is 5.75 Å². The first-order valence-corrected chi connectivity index (χ1v) is 7.98. The van der Waals surface area contributed by atoms with Crippen LogP contribution in [0.2, 0.25) is 0 Å². The first kappa shape index (κ1) is 15.9. The van der Waals surface area contributed by atoms with Crippen LogP contribution in [0.5, 0.6) is 5.75 Å². The molecule has 0 amide bonds. The van der Waals surface area contributed by atoms with E-state index in [1.54, 1.807) is 10.9 Å². The lowest BCUT2D eigenvalue weighted by atomic mass is 10.2. The Bertz CT molecular complexity index is 510. The second-order valence-corrected chi connectivity index (χ2v) is 7.01. The van der Waals surface area contributed by atoms with E-state index in [1.165, 1.54) is 13.4 Å². The summed E-state index contributed by atoms with van der Waals surface area (Å²) in [6.45, 7) is 1.41. The highest BCUT2D eigenvalue weighted by atomic mass is 32.2. The number of rotatable bonds is 7. The Labute approximate surface area is 114 Å². The number of hydrogen-bond acceptors (Lipinski definition) is 6. The van der Waals surface area contributed by atoms with Gasteiger partial charge in [0.05, 0.1) is 37.3 Å². The molecule has 0 fully saturated rings. The van der Waals surface area contributed by atoms with E-state index in [1.807, 2.05) is 19.0 Å². The average Bonchev–Trinajstić information content (AvgIpc) is 2.66. The Kier molecular flexibility index (Phi) is 5.33. The largest absolute Gasteiger partial charge is 0.493 e. The highest BCUT2D eigenvalue weighted by molar-refractivity contribution is 7.90. The van der Waals surface area contributed by atoms with Gasteiger partial charge in [0.1, 0.15) is 9.84 Å². The lowest BCUT2D eigenvalue weighted by Gasteiger charge is -2.16. The fourth-order valence-corrected chi connectivity index (χ4v) is 2.60. The molecule has 19 heavy (non-hydrogen) atoms. The Morgan fingerprint density at radius 1 is 1.53 bits per heavy atom. The number of nitrogens with zero attached hydrogens (tertiary/aromatic N) is 3. The third-order valence-electron chi connectivity index (χ3n) is 2.66. The minimum Gasteiger partial charge on any atom is -0.493 e. The van der Waals surface area contributed by atoms with Crippen LogP contribution < -0.4 is 10.5 Å². The van der Waals surface area contributed by atoms with Crippen LogP contribution in [0.3, 0.4) is 0 Å². The van der Waals surface area contributed by atoms with E-state index < -0.39 is 15.9 Å². The molecule has 0 aliphatic heterocycles. The smallest absolute Gasteiger partial charge is 0.161 e. The van der Waals surface area contributed by atoms with Gasteiger partial charge in [0.25, 0.3) is 0 Å². The fraction of sp³-hybridized carbons (Fsp3) is 0.727. The van der Waals surface area contributed by atoms with Gasteiger partial charge in [-0.3, -0.25) is 4.68 Å². The predicted octanol–water partition coefficient (Wildman–Crippen LogP) is -0.502. The quantitative estimate of drug-likeness (QED) is 0.728. The molecule has 1 rings (SSSR count). The summed E-state index contributed by atoms with van der Waals surface area (Å²) in [5.41, 5.74) is 6.60. The second-order valence-electron chi connectivity index (χ2n) is 4.82. The molecule has 0 aromatic carbocycles. The van der Waals surface area contributed by atoms with E-state index >= 15 is 0 Å². The maximum atomic E-state index is 11.4. The van der Waals surface area contributed by atoms with E-state index in [4.69, 9.17) is 10.5 Å². The van der Waals surface area contributed by atoms with Crippen LogP contribution in [0, 0.1) is 0 Å². The molecule has 0 bridgehead atoms. The summed E-state index contributed by atoms with van der Waals surface area (Å²) in [5, 5.41) is 4.20. The number of aromatic nitrogens is 2. The van der Waals surface area contributed by atoms with Gasteiger partial charge in [-0.15, -0.1) is 0 Å². The van der Waals surface area contributed by atoms with Crippen molar-refractivity contribution in [3.63, 3.8) is 0 Å². The Morgan fingerprint density at radius 2 is 2.16 bits per heavy atom.